The number of benzene rings is 1. The lowest BCUT2D eigenvalue weighted by atomic mass is 9.90. The average Bonchev–Trinajstić information content (AvgIpc) is 2.95. The number of ether oxygens (including phenoxy) is 2. The van der Waals surface area contributed by atoms with Crippen molar-refractivity contribution in [3.8, 4) is 11.5 Å². The summed E-state index contributed by atoms with van der Waals surface area (Å²) in [6, 6.07) is 4.63. The number of halogens is 3. The first-order valence-electron chi connectivity index (χ1n) is 7.74. The zero-order valence-electron chi connectivity index (χ0n) is 13.5. The van der Waals surface area contributed by atoms with Crippen molar-refractivity contribution in [2.45, 2.75) is 26.3 Å². The molecule has 1 saturated heterocycles. The first kappa shape index (κ1) is 20.8. The molecule has 0 aromatic heterocycles. The van der Waals surface area contributed by atoms with Crippen molar-refractivity contribution in [3.63, 3.8) is 0 Å². The summed E-state index contributed by atoms with van der Waals surface area (Å²) in [5, 5.41) is 3.44. The van der Waals surface area contributed by atoms with E-state index in [-0.39, 0.29) is 24.8 Å². The van der Waals surface area contributed by atoms with Crippen molar-refractivity contribution >= 4 is 40.7 Å². The number of rotatable bonds is 4. The third kappa shape index (κ3) is 4.45. The third-order valence-electron chi connectivity index (χ3n) is 4.54. The molecular weight excluding hydrogens is 403 g/mol. The Morgan fingerprint density at radius 2 is 1.78 bits per heavy atom. The van der Waals surface area contributed by atoms with Crippen LogP contribution in [-0.4, -0.2) is 37.9 Å². The lowest BCUT2D eigenvalue weighted by molar-refractivity contribution is 0.128. The molecule has 1 aromatic carbocycles. The van der Waals surface area contributed by atoms with Crippen molar-refractivity contribution in [2.24, 2.45) is 5.92 Å². The standard InChI is InChI=1S/C16H23BrN2O2.2ClH/c1-3-11(2)16(19-6-4-18-5-7-19)12-8-14-15(9-13(12)17)21-10-20-14;;/h8-9,11,16,18H,3-7,10H2,1-2H3;2*1H/t11?,16-;;/m0../s1. The summed E-state index contributed by atoms with van der Waals surface area (Å²) < 4.78 is 12.2. The van der Waals surface area contributed by atoms with Gasteiger partial charge in [-0.1, -0.05) is 36.2 Å². The molecular formula is C16H25BrCl2N2O2. The summed E-state index contributed by atoms with van der Waals surface area (Å²) in [6.07, 6.45) is 1.16. The molecule has 0 saturated carbocycles. The second-order valence-electron chi connectivity index (χ2n) is 5.84. The van der Waals surface area contributed by atoms with Gasteiger partial charge < -0.3 is 14.8 Å². The molecule has 23 heavy (non-hydrogen) atoms. The molecule has 1 aromatic rings. The molecule has 2 atom stereocenters. The Kier molecular flexibility index (Phi) is 8.45. The highest BCUT2D eigenvalue weighted by atomic mass is 79.9. The number of hydrogen-bond acceptors (Lipinski definition) is 4. The second kappa shape index (κ2) is 9.33. The summed E-state index contributed by atoms with van der Waals surface area (Å²) in [6.45, 7) is 9.24. The van der Waals surface area contributed by atoms with Crippen LogP contribution in [-0.2, 0) is 0 Å². The highest BCUT2D eigenvalue weighted by Crippen LogP contribution is 2.43. The first-order valence-corrected chi connectivity index (χ1v) is 8.53. The van der Waals surface area contributed by atoms with E-state index < -0.39 is 0 Å². The summed E-state index contributed by atoms with van der Waals surface area (Å²) in [5.41, 5.74) is 1.32. The molecule has 3 rings (SSSR count). The summed E-state index contributed by atoms with van der Waals surface area (Å²) in [7, 11) is 0. The van der Waals surface area contributed by atoms with E-state index in [2.05, 4.69) is 52.1 Å². The molecule has 2 heterocycles. The Bertz CT molecular complexity index is 513. The van der Waals surface area contributed by atoms with Crippen LogP contribution in [0.4, 0.5) is 0 Å². The van der Waals surface area contributed by atoms with Gasteiger partial charge in [-0.25, -0.2) is 0 Å². The van der Waals surface area contributed by atoms with E-state index in [1.165, 1.54) is 5.56 Å². The van der Waals surface area contributed by atoms with Crippen molar-refractivity contribution in [1.82, 2.24) is 10.2 Å². The van der Waals surface area contributed by atoms with Crippen molar-refractivity contribution in [3.05, 3.63) is 22.2 Å². The average molecular weight is 428 g/mol. The fraction of sp³-hybridized carbons (Fsp3) is 0.625. The van der Waals surface area contributed by atoms with Gasteiger partial charge in [-0.05, 0) is 23.6 Å². The van der Waals surface area contributed by atoms with Crippen molar-refractivity contribution in [1.29, 1.82) is 0 Å². The van der Waals surface area contributed by atoms with Gasteiger partial charge in [0.15, 0.2) is 11.5 Å². The molecule has 0 bridgehead atoms. The van der Waals surface area contributed by atoms with Gasteiger partial charge >= 0.3 is 0 Å². The fourth-order valence-electron chi connectivity index (χ4n) is 3.21. The normalized spacial score (nSPS) is 19.4. The molecule has 0 spiro atoms. The minimum atomic E-state index is 0. The van der Waals surface area contributed by atoms with Crippen LogP contribution in [0.25, 0.3) is 0 Å². The van der Waals surface area contributed by atoms with E-state index >= 15 is 0 Å². The molecule has 0 amide bonds. The van der Waals surface area contributed by atoms with Crippen LogP contribution in [0, 0.1) is 5.92 Å². The zero-order valence-corrected chi connectivity index (χ0v) is 16.7. The van der Waals surface area contributed by atoms with Crippen LogP contribution in [0.5, 0.6) is 11.5 Å². The maximum atomic E-state index is 5.57. The number of nitrogens with zero attached hydrogens (tertiary/aromatic N) is 1. The summed E-state index contributed by atoms with van der Waals surface area (Å²) >= 11 is 3.74. The van der Waals surface area contributed by atoms with Gasteiger partial charge in [0.1, 0.15) is 0 Å². The van der Waals surface area contributed by atoms with Crippen LogP contribution < -0.4 is 14.8 Å². The summed E-state index contributed by atoms with van der Waals surface area (Å²) in [4.78, 5) is 2.59. The molecule has 4 nitrogen and oxygen atoms in total. The van der Waals surface area contributed by atoms with E-state index in [9.17, 15) is 0 Å². The summed E-state index contributed by atoms with van der Waals surface area (Å²) in [5.74, 6) is 2.31. The van der Waals surface area contributed by atoms with Crippen LogP contribution in [0.1, 0.15) is 31.9 Å². The van der Waals surface area contributed by atoms with Gasteiger partial charge in [0.05, 0.1) is 0 Å². The van der Waals surface area contributed by atoms with Crippen LogP contribution in [0.15, 0.2) is 16.6 Å². The van der Waals surface area contributed by atoms with Gasteiger partial charge in [0.25, 0.3) is 0 Å². The molecule has 7 heteroatoms. The van der Waals surface area contributed by atoms with E-state index in [0.717, 1.165) is 48.6 Å². The van der Waals surface area contributed by atoms with Gasteiger partial charge in [-0.15, -0.1) is 24.8 Å². The number of fused-ring (bicyclic) bond motifs is 1. The first-order chi connectivity index (χ1) is 10.2. The van der Waals surface area contributed by atoms with E-state index in [1.807, 2.05) is 0 Å². The van der Waals surface area contributed by atoms with Crippen molar-refractivity contribution < 1.29 is 9.47 Å². The Balaban J connectivity index is 0.00000132. The van der Waals surface area contributed by atoms with Gasteiger partial charge in [0.2, 0.25) is 6.79 Å². The third-order valence-corrected chi connectivity index (χ3v) is 5.23. The predicted molar refractivity (Wildman–Crippen MR) is 101 cm³/mol. The molecule has 1 fully saturated rings. The topological polar surface area (TPSA) is 33.7 Å². The van der Waals surface area contributed by atoms with Gasteiger partial charge in [-0.2, -0.15) is 0 Å². The Labute approximate surface area is 159 Å². The molecule has 0 radical (unpaired) electrons. The minimum absolute atomic E-state index is 0. The second-order valence-corrected chi connectivity index (χ2v) is 6.70. The smallest absolute Gasteiger partial charge is 0.231 e. The quantitative estimate of drug-likeness (QED) is 0.786. The zero-order chi connectivity index (χ0) is 14.8. The van der Waals surface area contributed by atoms with Gasteiger partial charge in [-0.3, -0.25) is 4.90 Å². The molecule has 132 valence electrons. The lowest BCUT2D eigenvalue weighted by Crippen LogP contribution is -2.46. The Morgan fingerprint density at radius 1 is 1.17 bits per heavy atom. The number of hydrogen-bond donors (Lipinski definition) is 1. The monoisotopic (exact) mass is 426 g/mol. The Hall–Kier alpha value is -0.200. The van der Waals surface area contributed by atoms with E-state index in [1.54, 1.807) is 0 Å². The van der Waals surface area contributed by atoms with Crippen LogP contribution in [0.3, 0.4) is 0 Å². The molecule has 0 aliphatic carbocycles. The minimum Gasteiger partial charge on any atom is -0.454 e. The molecule has 1 unspecified atom stereocenters. The largest absolute Gasteiger partial charge is 0.454 e. The molecule has 2 aliphatic rings. The number of nitrogens with one attached hydrogen (secondary N) is 1. The van der Waals surface area contributed by atoms with Gasteiger partial charge in [0, 0.05) is 36.7 Å². The van der Waals surface area contributed by atoms with E-state index in [4.69, 9.17) is 9.47 Å². The highest BCUT2D eigenvalue weighted by molar-refractivity contribution is 9.10. The van der Waals surface area contributed by atoms with Crippen molar-refractivity contribution in [2.75, 3.05) is 33.0 Å². The van der Waals surface area contributed by atoms with Crippen LogP contribution in [0.2, 0.25) is 0 Å². The molecule has 2 aliphatic heterocycles. The maximum absolute atomic E-state index is 5.57. The lowest BCUT2D eigenvalue weighted by Gasteiger charge is -2.39. The Morgan fingerprint density at radius 3 is 2.39 bits per heavy atom. The molecule has 1 N–H and O–H groups in total. The maximum Gasteiger partial charge on any atom is 0.231 e. The van der Waals surface area contributed by atoms with Crippen LogP contribution >= 0.6 is 40.7 Å². The fourth-order valence-corrected chi connectivity index (χ4v) is 3.76. The predicted octanol–water partition coefficient (Wildman–Crippen LogP) is 4.01. The van der Waals surface area contributed by atoms with E-state index in [0.29, 0.717) is 18.8 Å². The SMILES string of the molecule is CCC(C)[C@@H](c1cc2c(cc1Br)OCO2)N1CCNCC1.Cl.Cl. The number of piperazine rings is 1. The highest BCUT2D eigenvalue weighted by Gasteiger charge is 2.30.